The molecule has 1 aromatic carbocycles. The van der Waals surface area contributed by atoms with Gasteiger partial charge in [0.1, 0.15) is 0 Å². The summed E-state index contributed by atoms with van der Waals surface area (Å²) in [5, 5.41) is 0. The number of likely N-dealkylation sites (N-methyl/N-ethyl adjacent to an activating group) is 1. The predicted molar refractivity (Wildman–Crippen MR) is 77.6 cm³/mol. The van der Waals surface area contributed by atoms with Crippen molar-refractivity contribution in [2.24, 2.45) is 0 Å². The maximum atomic E-state index is 12.5. The lowest BCUT2D eigenvalue weighted by Crippen LogP contribution is -2.34. The van der Waals surface area contributed by atoms with Crippen molar-refractivity contribution in [3.8, 4) is 11.5 Å². The molecule has 0 atom stereocenters. The van der Waals surface area contributed by atoms with E-state index in [4.69, 9.17) is 9.47 Å². The van der Waals surface area contributed by atoms with Crippen LogP contribution in [0, 0.1) is 0 Å². The van der Waals surface area contributed by atoms with Gasteiger partial charge in [0.25, 0.3) is 5.91 Å². The number of rotatable bonds is 3. The summed E-state index contributed by atoms with van der Waals surface area (Å²) in [6.45, 7) is 3.52. The van der Waals surface area contributed by atoms with Crippen LogP contribution in [0.25, 0.3) is 0 Å². The summed E-state index contributed by atoms with van der Waals surface area (Å²) in [5.41, 5.74) is 0.646. The molecular weight excluding hydrogens is 256 g/mol. The summed E-state index contributed by atoms with van der Waals surface area (Å²) in [4.78, 5) is 16.7. The number of ether oxygens (including phenoxy) is 2. The van der Waals surface area contributed by atoms with Crippen LogP contribution >= 0.6 is 0 Å². The third-order valence-corrected chi connectivity index (χ3v) is 3.64. The quantitative estimate of drug-likeness (QED) is 0.840. The second kappa shape index (κ2) is 6.61. The highest BCUT2D eigenvalue weighted by molar-refractivity contribution is 5.95. The minimum Gasteiger partial charge on any atom is -0.493 e. The smallest absolute Gasteiger partial charge is 0.254 e. The van der Waals surface area contributed by atoms with Crippen LogP contribution in [0.1, 0.15) is 16.8 Å². The van der Waals surface area contributed by atoms with Gasteiger partial charge in [0.15, 0.2) is 11.5 Å². The molecule has 0 unspecified atom stereocenters. The molecule has 0 aliphatic carbocycles. The van der Waals surface area contributed by atoms with E-state index in [1.807, 2.05) is 4.90 Å². The van der Waals surface area contributed by atoms with Gasteiger partial charge in [-0.3, -0.25) is 4.79 Å². The summed E-state index contributed by atoms with van der Waals surface area (Å²) in [7, 11) is 5.25. The molecule has 20 heavy (non-hydrogen) atoms. The number of methoxy groups -OCH3 is 2. The first-order chi connectivity index (χ1) is 9.65. The van der Waals surface area contributed by atoms with Crippen molar-refractivity contribution in [2.45, 2.75) is 6.42 Å². The molecule has 2 rings (SSSR count). The van der Waals surface area contributed by atoms with Gasteiger partial charge < -0.3 is 19.3 Å². The number of hydrogen-bond acceptors (Lipinski definition) is 4. The van der Waals surface area contributed by atoms with Crippen LogP contribution in [0.5, 0.6) is 11.5 Å². The standard InChI is InChI=1S/C15H22N2O3/c1-16-7-4-8-17(10-9-16)15(18)12-5-6-13(19-2)14(11-12)20-3/h5-6,11H,4,7-10H2,1-3H3. The van der Waals surface area contributed by atoms with E-state index in [1.165, 1.54) is 0 Å². The van der Waals surface area contributed by atoms with E-state index < -0.39 is 0 Å². The van der Waals surface area contributed by atoms with E-state index in [1.54, 1.807) is 32.4 Å². The van der Waals surface area contributed by atoms with Crippen LogP contribution in [0.3, 0.4) is 0 Å². The number of nitrogens with zero attached hydrogens (tertiary/aromatic N) is 2. The topological polar surface area (TPSA) is 42.0 Å². The van der Waals surface area contributed by atoms with E-state index in [-0.39, 0.29) is 5.91 Å². The Morgan fingerprint density at radius 1 is 1.05 bits per heavy atom. The molecule has 1 fully saturated rings. The molecule has 110 valence electrons. The molecule has 1 heterocycles. The zero-order chi connectivity index (χ0) is 14.5. The Morgan fingerprint density at radius 3 is 2.50 bits per heavy atom. The van der Waals surface area contributed by atoms with Gasteiger partial charge in [0.05, 0.1) is 14.2 Å². The van der Waals surface area contributed by atoms with E-state index in [9.17, 15) is 4.79 Å². The fourth-order valence-electron chi connectivity index (χ4n) is 2.40. The Balaban J connectivity index is 2.16. The summed E-state index contributed by atoms with van der Waals surface area (Å²) < 4.78 is 10.4. The molecule has 0 N–H and O–H groups in total. The summed E-state index contributed by atoms with van der Waals surface area (Å²) in [5.74, 6) is 1.28. The first-order valence-corrected chi connectivity index (χ1v) is 6.85. The SMILES string of the molecule is COc1ccc(C(=O)N2CCCN(C)CC2)cc1OC. The number of carbonyl (C=O) groups is 1. The fourth-order valence-corrected chi connectivity index (χ4v) is 2.40. The molecule has 5 heteroatoms. The molecule has 0 bridgehead atoms. The number of carbonyl (C=O) groups excluding carboxylic acids is 1. The van der Waals surface area contributed by atoms with E-state index in [0.717, 1.165) is 32.6 Å². The third-order valence-electron chi connectivity index (χ3n) is 3.64. The Kier molecular flexibility index (Phi) is 4.84. The Hall–Kier alpha value is -1.75. The van der Waals surface area contributed by atoms with Crippen molar-refractivity contribution in [3.63, 3.8) is 0 Å². The van der Waals surface area contributed by atoms with Crippen molar-refractivity contribution in [1.82, 2.24) is 9.80 Å². The van der Waals surface area contributed by atoms with Crippen molar-refractivity contribution in [3.05, 3.63) is 23.8 Å². The lowest BCUT2D eigenvalue weighted by atomic mass is 10.1. The van der Waals surface area contributed by atoms with Crippen LogP contribution in [-0.2, 0) is 0 Å². The molecule has 1 aromatic rings. The summed E-state index contributed by atoms with van der Waals surface area (Å²) in [6, 6.07) is 5.31. The second-order valence-corrected chi connectivity index (χ2v) is 5.02. The van der Waals surface area contributed by atoms with Crippen LogP contribution in [0.2, 0.25) is 0 Å². The van der Waals surface area contributed by atoms with Gasteiger partial charge in [-0.15, -0.1) is 0 Å². The van der Waals surface area contributed by atoms with E-state index >= 15 is 0 Å². The van der Waals surface area contributed by atoms with E-state index in [0.29, 0.717) is 17.1 Å². The van der Waals surface area contributed by atoms with Crippen molar-refractivity contribution in [2.75, 3.05) is 47.4 Å². The summed E-state index contributed by atoms with van der Waals surface area (Å²) >= 11 is 0. The molecule has 1 aliphatic heterocycles. The number of hydrogen-bond donors (Lipinski definition) is 0. The van der Waals surface area contributed by atoms with Gasteiger partial charge in [-0.05, 0) is 38.2 Å². The van der Waals surface area contributed by atoms with Gasteiger partial charge in [-0.1, -0.05) is 0 Å². The number of benzene rings is 1. The van der Waals surface area contributed by atoms with Crippen LogP contribution in [0.15, 0.2) is 18.2 Å². The highest BCUT2D eigenvalue weighted by Gasteiger charge is 2.20. The zero-order valence-electron chi connectivity index (χ0n) is 12.4. The van der Waals surface area contributed by atoms with Gasteiger partial charge in [-0.2, -0.15) is 0 Å². The van der Waals surface area contributed by atoms with Crippen molar-refractivity contribution < 1.29 is 14.3 Å². The molecule has 0 radical (unpaired) electrons. The van der Waals surface area contributed by atoms with E-state index in [2.05, 4.69) is 11.9 Å². The maximum Gasteiger partial charge on any atom is 0.254 e. The lowest BCUT2D eigenvalue weighted by molar-refractivity contribution is 0.0762. The first kappa shape index (κ1) is 14.7. The normalized spacial score (nSPS) is 16.6. The van der Waals surface area contributed by atoms with Crippen LogP contribution < -0.4 is 9.47 Å². The molecular formula is C15H22N2O3. The zero-order valence-corrected chi connectivity index (χ0v) is 12.4. The summed E-state index contributed by atoms with van der Waals surface area (Å²) in [6.07, 6.45) is 1.01. The molecule has 0 saturated carbocycles. The Bertz CT molecular complexity index is 476. The Labute approximate surface area is 120 Å². The molecule has 5 nitrogen and oxygen atoms in total. The number of amides is 1. The third kappa shape index (κ3) is 3.22. The average molecular weight is 278 g/mol. The van der Waals surface area contributed by atoms with Gasteiger partial charge in [0, 0.05) is 25.2 Å². The first-order valence-electron chi connectivity index (χ1n) is 6.85. The van der Waals surface area contributed by atoms with Crippen LogP contribution in [0.4, 0.5) is 0 Å². The molecule has 1 aliphatic rings. The highest BCUT2D eigenvalue weighted by Crippen LogP contribution is 2.28. The predicted octanol–water partition coefficient (Wildman–Crippen LogP) is 1.48. The maximum absolute atomic E-state index is 12.5. The molecule has 0 spiro atoms. The minimum absolute atomic E-state index is 0.0567. The fraction of sp³-hybridized carbons (Fsp3) is 0.533. The monoisotopic (exact) mass is 278 g/mol. The highest BCUT2D eigenvalue weighted by atomic mass is 16.5. The van der Waals surface area contributed by atoms with Gasteiger partial charge in [0.2, 0.25) is 0 Å². The largest absolute Gasteiger partial charge is 0.493 e. The lowest BCUT2D eigenvalue weighted by Gasteiger charge is -2.21. The van der Waals surface area contributed by atoms with Gasteiger partial charge >= 0.3 is 0 Å². The van der Waals surface area contributed by atoms with Crippen LogP contribution in [-0.4, -0.2) is 63.2 Å². The second-order valence-electron chi connectivity index (χ2n) is 5.02. The van der Waals surface area contributed by atoms with Crippen molar-refractivity contribution >= 4 is 5.91 Å². The van der Waals surface area contributed by atoms with Crippen molar-refractivity contribution in [1.29, 1.82) is 0 Å². The average Bonchev–Trinajstić information content (AvgIpc) is 2.70. The van der Waals surface area contributed by atoms with Gasteiger partial charge in [-0.25, -0.2) is 0 Å². The molecule has 1 saturated heterocycles. The minimum atomic E-state index is 0.0567. The molecule has 0 aromatic heterocycles. The molecule has 1 amide bonds. The Morgan fingerprint density at radius 2 is 1.80 bits per heavy atom.